The van der Waals surface area contributed by atoms with Gasteiger partial charge in [-0.2, -0.15) is 4.31 Å². The number of piperazine rings is 1. The topological polar surface area (TPSA) is 78.8 Å². The third-order valence-electron chi connectivity index (χ3n) is 6.22. The molecule has 2 aliphatic rings. The summed E-state index contributed by atoms with van der Waals surface area (Å²) in [5, 5.41) is 0.0609. The average Bonchev–Trinajstić information content (AvgIpc) is 3.31. The van der Waals surface area contributed by atoms with E-state index in [9.17, 15) is 13.2 Å². The summed E-state index contributed by atoms with van der Waals surface area (Å²) in [6.07, 6.45) is 4.54. The maximum Gasteiger partial charge on any atom is 0.262 e. The first-order valence-corrected chi connectivity index (χ1v) is 12.4. The lowest BCUT2D eigenvalue weighted by molar-refractivity contribution is -0.137. The van der Waals surface area contributed by atoms with E-state index in [0.717, 1.165) is 19.5 Å². The Labute approximate surface area is 184 Å². The Kier molecular flexibility index (Phi) is 6.34. The number of aromatic nitrogens is 2. The number of piperidine rings is 1. The van der Waals surface area contributed by atoms with Gasteiger partial charge >= 0.3 is 0 Å². The number of benzene rings is 1. The van der Waals surface area contributed by atoms with Gasteiger partial charge in [-0.05, 0) is 38.8 Å². The van der Waals surface area contributed by atoms with E-state index >= 15 is 0 Å². The first-order chi connectivity index (χ1) is 14.9. The fourth-order valence-electron chi connectivity index (χ4n) is 4.31. The summed E-state index contributed by atoms with van der Waals surface area (Å²) in [6.45, 7) is 7.52. The van der Waals surface area contributed by atoms with Crippen LogP contribution in [0.25, 0.3) is 0 Å². The third-order valence-corrected chi connectivity index (χ3v) is 7.98. The van der Waals surface area contributed by atoms with Gasteiger partial charge in [-0.1, -0.05) is 18.2 Å². The fourth-order valence-corrected chi connectivity index (χ4v) is 5.76. The number of imidazole rings is 1. The predicted octanol–water partition coefficient (Wildman–Crippen LogP) is 2.21. The molecule has 1 aromatic carbocycles. The van der Waals surface area contributed by atoms with Crippen LogP contribution in [0, 0.1) is 5.92 Å². The molecule has 2 saturated heterocycles. The Morgan fingerprint density at radius 2 is 1.77 bits per heavy atom. The molecule has 0 N–H and O–H groups in total. The monoisotopic (exact) mass is 445 g/mol. The van der Waals surface area contributed by atoms with Crippen molar-refractivity contribution in [2.45, 2.75) is 37.8 Å². The summed E-state index contributed by atoms with van der Waals surface area (Å²) >= 11 is 0. The summed E-state index contributed by atoms with van der Waals surface area (Å²) in [4.78, 5) is 21.5. The predicted molar refractivity (Wildman–Crippen MR) is 119 cm³/mol. The third kappa shape index (κ3) is 4.62. The van der Waals surface area contributed by atoms with Gasteiger partial charge in [-0.15, -0.1) is 0 Å². The number of para-hydroxylation sites is 1. The van der Waals surface area contributed by atoms with E-state index in [1.165, 1.54) is 9.99 Å². The Bertz CT molecular complexity index is 997. The summed E-state index contributed by atoms with van der Waals surface area (Å²) < 4.78 is 29.4. The van der Waals surface area contributed by atoms with Crippen molar-refractivity contribution >= 4 is 21.6 Å². The molecule has 168 valence electrons. The molecule has 2 aliphatic heterocycles. The molecule has 1 atom stereocenters. The van der Waals surface area contributed by atoms with E-state index in [2.05, 4.69) is 22.0 Å². The van der Waals surface area contributed by atoms with Gasteiger partial charge in [0, 0.05) is 57.2 Å². The van der Waals surface area contributed by atoms with E-state index in [-0.39, 0.29) is 29.4 Å². The van der Waals surface area contributed by atoms with Crippen molar-refractivity contribution in [3.05, 3.63) is 42.9 Å². The molecule has 0 saturated carbocycles. The minimum atomic E-state index is -3.69. The van der Waals surface area contributed by atoms with Crippen molar-refractivity contribution in [2.75, 3.05) is 44.2 Å². The van der Waals surface area contributed by atoms with Crippen LogP contribution < -0.4 is 4.90 Å². The van der Waals surface area contributed by atoms with Gasteiger partial charge in [-0.3, -0.25) is 4.79 Å². The Morgan fingerprint density at radius 1 is 1.06 bits per heavy atom. The van der Waals surface area contributed by atoms with Crippen molar-refractivity contribution in [1.82, 2.24) is 18.8 Å². The van der Waals surface area contributed by atoms with Crippen LogP contribution in [0.4, 0.5) is 5.69 Å². The standard InChI is InChI=1S/C22H31N5O3S/c1-18(2)26-16-21(23-17-26)31(29,30)27-10-6-7-19(15-27)22(28)25-13-11-24(12-14-25)20-8-4-3-5-9-20/h3-5,8-9,16-19H,6-7,10-15H2,1-2H3. The van der Waals surface area contributed by atoms with Crippen molar-refractivity contribution in [2.24, 2.45) is 5.92 Å². The number of hydrogen-bond acceptors (Lipinski definition) is 5. The van der Waals surface area contributed by atoms with Crippen molar-refractivity contribution < 1.29 is 13.2 Å². The van der Waals surface area contributed by atoms with Crippen molar-refractivity contribution in [3.63, 3.8) is 0 Å². The highest BCUT2D eigenvalue weighted by atomic mass is 32.2. The maximum atomic E-state index is 13.2. The van der Waals surface area contributed by atoms with Crippen LogP contribution >= 0.6 is 0 Å². The molecule has 1 amide bonds. The number of anilines is 1. The molecule has 4 rings (SSSR count). The zero-order chi connectivity index (χ0) is 22.0. The molecule has 1 aromatic heterocycles. The first kappa shape index (κ1) is 21.8. The largest absolute Gasteiger partial charge is 0.368 e. The molecule has 0 aliphatic carbocycles. The number of sulfonamides is 1. The number of hydrogen-bond donors (Lipinski definition) is 0. The maximum absolute atomic E-state index is 13.2. The molecule has 1 unspecified atom stereocenters. The molecule has 0 bridgehead atoms. The molecule has 0 radical (unpaired) electrons. The zero-order valence-corrected chi connectivity index (χ0v) is 19.0. The van der Waals surface area contributed by atoms with E-state index in [1.54, 1.807) is 17.1 Å². The van der Waals surface area contributed by atoms with E-state index in [0.29, 0.717) is 26.1 Å². The average molecular weight is 446 g/mol. The second kappa shape index (κ2) is 9.00. The summed E-state index contributed by atoms with van der Waals surface area (Å²) in [5.74, 6) is -0.223. The van der Waals surface area contributed by atoms with Gasteiger partial charge in [0.1, 0.15) is 0 Å². The van der Waals surface area contributed by atoms with E-state index < -0.39 is 10.0 Å². The van der Waals surface area contributed by atoms with Crippen LogP contribution in [0.3, 0.4) is 0 Å². The minimum absolute atomic E-state index is 0.0609. The molecule has 0 spiro atoms. The molecule has 2 aromatic rings. The molecular formula is C22H31N5O3S. The van der Waals surface area contributed by atoms with E-state index in [4.69, 9.17) is 0 Å². The molecule has 2 fully saturated rings. The summed E-state index contributed by atoms with van der Waals surface area (Å²) in [5.41, 5.74) is 1.17. The number of amides is 1. The highest BCUT2D eigenvalue weighted by Crippen LogP contribution is 2.26. The van der Waals surface area contributed by atoms with Crippen LogP contribution in [-0.4, -0.2) is 72.3 Å². The smallest absolute Gasteiger partial charge is 0.262 e. The number of carbonyl (C=O) groups is 1. The fraction of sp³-hybridized carbons (Fsp3) is 0.545. The molecule has 8 nitrogen and oxygen atoms in total. The van der Waals surface area contributed by atoms with Crippen LogP contribution in [0.15, 0.2) is 47.9 Å². The first-order valence-electron chi connectivity index (χ1n) is 11.0. The molecule has 31 heavy (non-hydrogen) atoms. The lowest BCUT2D eigenvalue weighted by atomic mass is 9.97. The summed E-state index contributed by atoms with van der Waals surface area (Å²) in [7, 11) is -3.69. The van der Waals surface area contributed by atoms with Crippen molar-refractivity contribution in [3.8, 4) is 0 Å². The number of rotatable bonds is 5. The van der Waals surface area contributed by atoms with E-state index in [1.807, 2.05) is 36.9 Å². The normalized spacial score (nSPS) is 20.9. The second-order valence-corrected chi connectivity index (χ2v) is 10.5. The zero-order valence-electron chi connectivity index (χ0n) is 18.2. The molecule has 3 heterocycles. The summed E-state index contributed by atoms with van der Waals surface area (Å²) in [6, 6.07) is 10.4. The highest BCUT2D eigenvalue weighted by Gasteiger charge is 2.36. The van der Waals surface area contributed by atoms with Crippen LogP contribution in [-0.2, 0) is 14.8 Å². The Hall–Kier alpha value is -2.39. The van der Waals surface area contributed by atoms with Gasteiger partial charge in [0.2, 0.25) is 5.91 Å². The number of nitrogens with zero attached hydrogens (tertiary/aromatic N) is 5. The SMILES string of the molecule is CC(C)n1cnc(S(=O)(=O)N2CCCC(C(=O)N3CCN(c4ccccc4)CC3)C2)c1. The number of carbonyl (C=O) groups excluding carboxylic acids is 1. The lowest BCUT2D eigenvalue weighted by Crippen LogP contribution is -2.53. The van der Waals surface area contributed by atoms with Crippen LogP contribution in [0.5, 0.6) is 0 Å². The minimum Gasteiger partial charge on any atom is -0.368 e. The Morgan fingerprint density at radius 3 is 2.42 bits per heavy atom. The Balaban J connectivity index is 1.38. The van der Waals surface area contributed by atoms with Gasteiger partial charge < -0.3 is 14.4 Å². The van der Waals surface area contributed by atoms with Crippen LogP contribution in [0.1, 0.15) is 32.7 Å². The van der Waals surface area contributed by atoms with Gasteiger partial charge in [0.15, 0.2) is 5.03 Å². The lowest BCUT2D eigenvalue weighted by Gasteiger charge is -2.39. The van der Waals surface area contributed by atoms with Gasteiger partial charge in [0.25, 0.3) is 10.0 Å². The van der Waals surface area contributed by atoms with Crippen LogP contribution in [0.2, 0.25) is 0 Å². The molecular weight excluding hydrogens is 414 g/mol. The van der Waals surface area contributed by atoms with Gasteiger partial charge in [0.05, 0.1) is 12.2 Å². The second-order valence-electron chi connectivity index (χ2n) is 8.60. The quantitative estimate of drug-likeness (QED) is 0.705. The van der Waals surface area contributed by atoms with Gasteiger partial charge in [-0.25, -0.2) is 13.4 Å². The highest BCUT2D eigenvalue weighted by molar-refractivity contribution is 7.89. The van der Waals surface area contributed by atoms with Crippen molar-refractivity contribution in [1.29, 1.82) is 0 Å². The molecule has 9 heteroatoms.